The molecule has 1 fully saturated rings. The van der Waals surface area contributed by atoms with Crippen LogP contribution in [0.1, 0.15) is 34.1 Å². The maximum absolute atomic E-state index is 12.9. The molecule has 3 aromatic rings. The molecule has 2 aromatic carbocycles. The van der Waals surface area contributed by atoms with E-state index in [2.05, 4.69) is 10.2 Å². The molecule has 1 aliphatic rings. The Morgan fingerprint density at radius 2 is 1.66 bits per heavy atom. The average molecular weight is 410 g/mol. The number of ether oxygens (including phenoxy) is 2. The third-order valence-electron chi connectivity index (χ3n) is 5.17. The van der Waals surface area contributed by atoms with Crippen molar-refractivity contribution in [2.45, 2.75) is 18.8 Å². The van der Waals surface area contributed by atoms with Crippen molar-refractivity contribution in [2.75, 3.05) is 27.3 Å². The number of carbonyl (C=O) groups is 1. The summed E-state index contributed by atoms with van der Waals surface area (Å²) >= 11 is 1.60. The highest BCUT2D eigenvalue weighted by molar-refractivity contribution is 7.14. The topological polar surface area (TPSA) is 64.5 Å². The molecule has 1 unspecified atom stereocenters. The Morgan fingerprint density at radius 3 is 2.31 bits per heavy atom. The Labute approximate surface area is 174 Å². The maximum atomic E-state index is 12.9. The average Bonchev–Trinajstić information content (AvgIpc) is 3.29. The minimum atomic E-state index is 0.0530. The minimum Gasteiger partial charge on any atom is -0.497 e. The fraction of sp³-hybridized carbons (Fsp3) is 0.318. The number of benzene rings is 2. The summed E-state index contributed by atoms with van der Waals surface area (Å²) in [7, 11) is 3.27. The zero-order valence-corrected chi connectivity index (χ0v) is 17.3. The number of carbonyl (C=O) groups excluding carboxylic acids is 1. The van der Waals surface area contributed by atoms with Gasteiger partial charge in [0.2, 0.25) is 0 Å². The van der Waals surface area contributed by atoms with E-state index in [1.54, 1.807) is 25.6 Å². The van der Waals surface area contributed by atoms with E-state index >= 15 is 0 Å². The lowest BCUT2D eigenvalue weighted by Crippen LogP contribution is -2.39. The summed E-state index contributed by atoms with van der Waals surface area (Å²) in [6.45, 7) is 1.44. The highest BCUT2D eigenvalue weighted by atomic mass is 32.1. The molecule has 2 heterocycles. The molecule has 7 heteroatoms. The van der Waals surface area contributed by atoms with Crippen molar-refractivity contribution < 1.29 is 14.3 Å². The number of hydrogen-bond donors (Lipinski definition) is 0. The van der Waals surface area contributed by atoms with Crippen LogP contribution in [-0.4, -0.2) is 48.3 Å². The van der Waals surface area contributed by atoms with E-state index in [-0.39, 0.29) is 11.8 Å². The monoisotopic (exact) mass is 409 g/mol. The third-order valence-corrected chi connectivity index (χ3v) is 6.31. The number of methoxy groups -OCH3 is 2. The Balaban J connectivity index is 1.46. The summed E-state index contributed by atoms with van der Waals surface area (Å²) in [6.07, 6.45) is 1.98. The van der Waals surface area contributed by atoms with Crippen LogP contribution in [0.3, 0.4) is 0 Å². The molecular weight excluding hydrogens is 386 g/mol. The third kappa shape index (κ3) is 4.24. The summed E-state index contributed by atoms with van der Waals surface area (Å²) < 4.78 is 10.4. The smallest absolute Gasteiger partial charge is 0.253 e. The van der Waals surface area contributed by atoms with Crippen molar-refractivity contribution >= 4 is 17.2 Å². The summed E-state index contributed by atoms with van der Waals surface area (Å²) in [5.74, 6) is 1.84. The molecule has 6 nitrogen and oxygen atoms in total. The SMILES string of the molecule is COc1ccc(C(=O)N2CCCC(c3nnc(-c4ccc(OC)cc4)s3)C2)cc1. The van der Waals surface area contributed by atoms with Crippen LogP contribution < -0.4 is 9.47 Å². The Kier molecular flexibility index (Phi) is 5.76. The second-order valence-electron chi connectivity index (χ2n) is 6.99. The van der Waals surface area contributed by atoms with Crippen LogP contribution in [0.5, 0.6) is 11.5 Å². The fourth-order valence-electron chi connectivity index (χ4n) is 3.53. The quantitative estimate of drug-likeness (QED) is 0.631. The summed E-state index contributed by atoms with van der Waals surface area (Å²) in [6, 6.07) is 15.1. The van der Waals surface area contributed by atoms with E-state index in [9.17, 15) is 4.79 Å². The number of amides is 1. The van der Waals surface area contributed by atoms with E-state index in [4.69, 9.17) is 9.47 Å². The van der Waals surface area contributed by atoms with Crippen molar-refractivity contribution in [2.24, 2.45) is 0 Å². The molecule has 0 saturated carbocycles. The van der Waals surface area contributed by atoms with Gasteiger partial charge < -0.3 is 14.4 Å². The molecule has 0 aliphatic carbocycles. The standard InChI is InChI=1S/C22H23N3O3S/c1-27-18-9-5-15(6-10-18)20-23-24-21(29-20)17-4-3-13-25(14-17)22(26)16-7-11-19(28-2)12-8-16/h5-12,17H,3-4,13-14H2,1-2H3. The highest BCUT2D eigenvalue weighted by Gasteiger charge is 2.28. The number of piperidine rings is 1. The van der Waals surface area contributed by atoms with Crippen LogP contribution in [0, 0.1) is 0 Å². The number of likely N-dealkylation sites (tertiary alicyclic amines) is 1. The van der Waals surface area contributed by atoms with Crippen LogP contribution in [0.15, 0.2) is 48.5 Å². The Hall–Kier alpha value is -2.93. The van der Waals surface area contributed by atoms with Crippen LogP contribution in [0.2, 0.25) is 0 Å². The Morgan fingerprint density at radius 1 is 1.00 bits per heavy atom. The summed E-state index contributed by atoms with van der Waals surface area (Å²) in [5, 5.41) is 10.7. The van der Waals surface area contributed by atoms with Gasteiger partial charge in [0.15, 0.2) is 0 Å². The lowest BCUT2D eigenvalue weighted by Gasteiger charge is -2.31. The molecule has 0 bridgehead atoms. The lowest BCUT2D eigenvalue weighted by molar-refractivity contribution is 0.0707. The van der Waals surface area contributed by atoms with E-state index in [1.807, 2.05) is 53.4 Å². The van der Waals surface area contributed by atoms with Gasteiger partial charge in [-0.2, -0.15) is 0 Å². The predicted octanol–water partition coefficient (Wildman–Crippen LogP) is 4.24. The van der Waals surface area contributed by atoms with Crippen LogP contribution in [0.25, 0.3) is 10.6 Å². The van der Waals surface area contributed by atoms with Gasteiger partial charge in [0, 0.05) is 30.1 Å². The van der Waals surface area contributed by atoms with Gasteiger partial charge in [-0.05, 0) is 61.4 Å². The van der Waals surface area contributed by atoms with Crippen LogP contribution in [-0.2, 0) is 0 Å². The lowest BCUT2D eigenvalue weighted by atomic mass is 9.98. The first-order valence-corrected chi connectivity index (χ1v) is 10.4. The molecule has 29 heavy (non-hydrogen) atoms. The second kappa shape index (κ2) is 8.61. The van der Waals surface area contributed by atoms with Gasteiger partial charge in [-0.3, -0.25) is 4.79 Å². The molecule has 1 aromatic heterocycles. The van der Waals surface area contributed by atoms with E-state index < -0.39 is 0 Å². The van der Waals surface area contributed by atoms with Gasteiger partial charge in [0.25, 0.3) is 5.91 Å². The molecule has 4 rings (SSSR count). The van der Waals surface area contributed by atoms with Crippen molar-refractivity contribution in [3.05, 3.63) is 59.1 Å². The van der Waals surface area contributed by atoms with Crippen molar-refractivity contribution in [3.8, 4) is 22.1 Å². The minimum absolute atomic E-state index is 0.0530. The predicted molar refractivity (Wildman–Crippen MR) is 113 cm³/mol. The molecule has 0 radical (unpaired) electrons. The molecule has 1 saturated heterocycles. The van der Waals surface area contributed by atoms with Gasteiger partial charge >= 0.3 is 0 Å². The Bertz CT molecular complexity index is 970. The zero-order valence-electron chi connectivity index (χ0n) is 16.5. The van der Waals surface area contributed by atoms with E-state index in [1.165, 1.54) is 0 Å². The molecule has 1 aliphatic heterocycles. The number of hydrogen-bond acceptors (Lipinski definition) is 6. The molecule has 1 amide bonds. The van der Waals surface area contributed by atoms with Gasteiger partial charge in [0.1, 0.15) is 21.5 Å². The molecule has 150 valence electrons. The first-order valence-electron chi connectivity index (χ1n) is 9.59. The van der Waals surface area contributed by atoms with Gasteiger partial charge in [0.05, 0.1) is 14.2 Å². The fourth-order valence-corrected chi connectivity index (χ4v) is 4.50. The first-order chi connectivity index (χ1) is 14.2. The van der Waals surface area contributed by atoms with Crippen molar-refractivity contribution in [1.29, 1.82) is 0 Å². The largest absolute Gasteiger partial charge is 0.497 e. The number of rotatable bonds is 5. The van der Waals surface area contributed by atoms with Crippen LogP contribution >= 0.6 is 11.3 Å². The number of nitrogens with zero attached hydrogens (tertiary/aromatic N) is 3. The summed E-state index contributed by atoms with van der Waals surface area (Å²) in [5.41, 5.74) is 1.71. The highest BCUT2D eigenvalue weighted by Crippen LogP contribution is 2.33. The maximum Gasteiger partial charge on any atom is 0.253 e. The van der Waals surface area contributed by atoms with Crippen molar-refractivity contribution in [3.63, 3.8) is 0 Å². The van der Waals surface area contributed by atoms with Crippen molar-refractivity contribution in [1.82, 2.24) is 15.1 Å². The first kappa shape index (κ1) is 19.4. The number of aromatic nitrogens is 2. The normalized spacial score (nSPS) is 16.5. The van der Waals surface area contributed by atoms with Gasteiger partial charge in [-0.25, -0.2) is 0 Å². The summed E-state index contributed by atoms with van der Waals surface area (Å²) in [4.78, 5) is 14.8. The van der Waals surface area contributed by atoms with E-state index in [0.29, 0.717) is 12.1 Å². The molecule has 0 N–H and O–H groups in total. The van der Waals surface area contributed by atoms with Gasteiger partial charge in [-0.15, -0.1) is 10.2 Å². The zero-order chi connectivity index (χ0) is 20.2. The van der Waals surface area contributed by atoms with E-state index in [0.717, 1.165) is 46.5 Å². The molecule has 1 atom stereocenters. The molecular formula is C22H23N3O3S. The van der Waals surface area contributed by atoms with Gasteiger partial charge in [-0.1, -0.05) is 11.3 Å². The second-order valence-corrected chi connectivity index (χ2v) is 8.00. The molecule has 0 spiro atoms. The van der Waals surface area contributed by atoms with Crippen LogP contribution in [0.4, 0.5) is 0 Å².